The van der Waals surface area contributed by atoms with Gasteiger partial charge in [0.1, 0.15) is 5.75 Å². The van der Waals surface area contributed by atoms with Gasteiger partial charge < -0.3 is 20.1 Å². The number of fused-ring (bicyclic) bond motifs is 1. The van der Waals surface area contributed by atoms with Gasteiger partial charge >= 0.3 is 7.12 Å². The zero-order valence-electron chi connectivity index (χ0n) is 13.6. The first-order valence-electron chi connectivity index (χ1n) is 7.73. The van der Waals surface area contributed by atoms with Gasteiger partial charge in [0, 0.05) is 28.9 Å². The molecule has 3 N–H and O–H groups in total. The van der Waals surface area contributed by atoms with Gasteiger partial charge in [0.15, 0.2) is 0 Å². The number of carbonyl (C=O) groups excluding carboxylic acids is 1. The Morgan fingerprint density at radius 1 is 1.16 bits per heavy atom. The summed E-state index contributed by atoms with van der Waals surface area (Å²) in [6, 6.07) is 12.4. The van der Waals surface area contributed by atoms with Crippen molar-refractivity contribution >= 4 is 34.9 Å². The molecule has 0 unspecified atom stereocenters. The van der Waals surface area contributed by atoms with E-state index in [9.17, 15) is 14.8 Å². The normalized spacial score (nSPS) is 10.5. The van der Waals surface area contributed by atoms with Crippen molar-refractivity contribution in [2.24, 2.45) is 0 Å². The molecule has 126 valence electrons. The Morgan fingerprint density at radius 3 is 2.76 bits per heavy atom. The number of anilines is 1. The SMILES string of the molecule is COc1ccc(CC(=O)Nc2ccc3cnccc3c2)cc1B(O)O. The van der Waals surface area contributed by atoms with E-state index in [0.29, 0.717) is 17.0 Å². The topological polar surface area (TPSA) is 91.7 Å². The highest BCUT2D eigenvalue weighted by Gasteiger charge is 2.18. The molecule has 0 aliphatic carbocycles. The third kappa shape index (κ3) is 3.96. The predicted octanol–water partition coefficient (Wildman–Crippen LogP) is 1.10. The van der Waals surface area contributed by atoms with Gasteiger partial charge in [-0.05, 0) is 35.2 Å². The number of ether oxygens (including phenoxy) is 1. The van der Waals surface area contributed by atoms with E-state index in [4.69, 9.17) is 4.74 Å². The standard InChI is InChI=1S/C18H17BN2O4/c1-25-17-5-2-12(8-16(17)19(23)24)9-18(22)21-15-4-3-14-11-20-7-6-13(14)10-15/h2-8,10-11,23-24H,9H2,1H3,(H,21,22). The van der Waals surface area contributed by atoms with E-state index in [1.807, 2.05) is 24.3 Å². The Labute approximate surface area is 145 Å². The van der Waals surface area contributed by atoms with E-state index in [0.717, 1.165) is 10.8 Å². The number of aromatic nitrogens is 1. The summed E-state index contributed by atoms with van der Waals surface area (Å²) in [4.78, 5) is 16.3. The number of hydrogen-bond acceptors (Lipinski definition) is 5. The molecule has 0 fully saturated rings. The van der Waals surface area contributed by atoms with Crippen LogP contribution in [0, 0.1) is 0 Å². The predicted molar refractivity (Wildman–Crippen MR) is 96.9 cm³/mol. The molecule has 3 aromatic rings. The molecule has 0 saturated carbocycles. The molecule has 3 rings (SSSR count). The molecule has 7 heteroatoms. The summed E-state index contributed by atoms with van der Waals surface area (Å²) in [6.07, 6.45) is 3.57. The van der Waals surface area contributed by atoms with Gasteiger partial charge in [-0.25, -0.2) is 0 Å². The van der Waals surface area contributed by atoms with Crippen molar-refractivity contribution in [1.82, 2.24) is 4.98 Å². The van der Waals surface area contributed by atoms with Crippen molar-refractivity contribution in [3.63, 3.8) is 0 Å². The molecule has 6 nitrogen and oxygen atoms in total. The summed E-state index contributed by atoms with van der Waals surface area (Å²) >= 11 is 0. The number of amides is 1. The van der Waals surface area contributed by atoms with Crippen molar-refractivity contribution in [3.8, 4) is 5.75 Å². The first-order valence-corrected chi connectivity index (χ1v) is 7.73. The summed E-state index contributed by atoms with van der Waals surface area (Å²) in [7, 11) is -0.213. The highest BCUT2D eigenvalue weighted by molar-refractivity contribution is 6.59. The molecule has 0 aliphatic rings. The quantitative estimate of drug-likeness (QED) is 0.607. The van der Waals surface area contributed by atoms with Crippen LogP contribution in [0.4, 0.5) is 5.69 Å². The molecule has 0 spiro atoms. The van der Waals surface area contributed by atoms with Gasteiger partial charge in [-0.2, -0.15) is 0 Å². The number of pyridine rings is 1. The van der Waals surface area contributed by atoms with E-state index in [1.54, 1.807) is 30.6 Å². The highest BCUT2D eigenvalue weighted by Crippen LogP contribution is 2.18. The molecule has 0 aliphatic heterocycles. The van der Waals surface area contributed by atoms with Crippen molar-refractivity contribution < 1.29 is 19.6 Å². The molecule has 2 aromatic carbocycles. The summed E-state index contributed by atoms with van der Waals surface area (Å²) in [5.74, 6) is 0.166. The first-order chi connectivity index (χ1) is 12.1. The van der Waals surface area contributed by atoms with Gasteiger partial charge in [-0.3, -0.25) is 9.78 Å². The summed E-state index contributed by atoms with van der Waals surface area (Å²) in [5.41, 5.74) is 1.58. The van der Waals surface area contributed by atoms with Gasteiger partial charge in [-0.1, -0.05) is 18.2 Å². The maximum absolute atomic E-state index is 12.3. The van der Waals surface area contributed by atoms with Crippen LogP contribution in [0.25, 0.3) is 10.8 Å². The molecule has 25 heavy (non-hydrogen) atoms. The monoisotopic (exact) mass is 336 g/mol. The van der Waals surface area contributed by atoms with E-state index in [1.165, 1.54) is 7.11 Å². The smallest absolute Gasteiger partial charge is 0.492 e. The Bertz CT molecular complexity index is 914. The summed E-state index contributed by atoms with van der Waals surface area (Å²) in [6.45, 7) is 0. The third-order valence-corrected chi connectivity index (χ3v) is 3.86. The Kier molecular flexibility index (Phi) is 4.97. The zero-order valence-corrected chi connectivity index (χ0v) is 13.6. The number of carbonyl (C=O) groups is 1. The maximum Gasteiger partial charge on any atom is 0.492 e. The van der Waals surface area contributed by atoms with Gasteiger partial charge in [0.25, 0.3) is 0 Å². The number of nitrogens with zero attached hydrogens (tertiary/aromatic N) is 1. The Balaban J connectivity index is 1.74. The highest BCUT2D eigenvalue weighted by atomic mass is 16.5. The fraction of sp³-hybridized carbons (Fsp3) is 0.111. The second-order valence-corrected chi connectivity index (χ2v) is 5.61. The molecular weight excluding hydrogens is 319 g/mol. The Hall–Kier alpha value is -2.90. The second kappa shape index (κ2) is 7.33. The van der Waals surface area contributed by atoms with Crippen molar-refractivity contribution in [2.45, 2.75) is 6.42 Å². The lowest BCUT2D eigenvalue weighted by atomic mass is 9.78. The summed E-state index contributed by atoms with van der Waals surface area (Å²) < 4.78 is 5.08. The molecular formula is C18H17BN2O4. The number of rotatable bonds is 5. The molecule has 0 radical (unpaired) electrons. The van der Waals surface area contributed by atoms with Crippen molar-refractivity contribution in [3.05, 3.63) is 60.4 Å². The van der Waals surface area contributed by atoms with Crippen LogP contribution in [0.15, 0.2) is 54.9 Å². The van der Waals surface area contributed by atoms with Crippen LogP contribution >= 0.6 is 0 Å². The minimum absolute atomic E-state index is 0.109. The van der Waals surface area contributed by atoms with Crippen molar-refractivity contribution in [1.29, 1.82) is 0 Å². The molecule has 1 amide bonds. The van der Waals surface area contributed by atoms with Crippen LogP contribution in [-0.2, 0) is 11.2 Å². The van der Waals surface area contributed by atoms with Gasteiger partial charge in [0.2, 0.25) is 5.91 Å². The van der Waals surface area contributed by atoms with Crippen LogP contribution < -0.4 is 15.5 Å². The van der Waals surface area contributed by atoms with Crippen LogP contribution in [-0.4, -0.2) is 35.2 Å². The van der Waals surface area contributed by atoms with Gasteiger partial charge in [0.05, 0.1) is 13.5 Å². The van der Waals surface area contributed by atoms with E-state index >= 15 is 0 Å². The lowest BCUT2D eigenvalue weighted by molar-refractivity contribution is -0.115. The van der Waals surface area contributed by atoms with E-state index in [2.05, 4.69) is 10.3 Å². The molecule has 0 saturated heterocycles. The lowest BCUT2D eigenvalue weighted by Crippen LogP contribution is -2.31. The lowest BCUT2D eigenvalue weighted by Gasteiger charge is -2.11. The fourth-order valence-electron chi connectivity index (χ4n) is 2.65. The minimum atomic E-state index is -1.66. The summed E-state index contributed by atoms with van der Waals surface area (Å²) in [5, 5.41) is 23.6. The second-order valence-electron chi connectivity index (χ2n) is 5.61. The minimum Gasteiger partial charge on any atom is -0.497 e. The fourth-order valence-corrected chi connectivity index (χ4v) is 2.65. The van der Waals surface area contributed by atoms with Crippen LogP contribution in [0.2, 0.25) is 0 Å². The maximum atomic E-state index is 12.3. The average Bonchev–Trinajstić information content (AvgIpc) is 2.61. The largest absolute Gasteiger partial charge is 0.497 e. The van der Waals surface area contributed by atoms with E-state index in [-0.39, 0.29) is 17.8 Å². The van der Waals surface area contributed by atoms with E-state index < -0.39 is 7.12 Å². The Morgan fingerprint density at radius 2 is 2.00 bits per heavy atom. The number of methoxy groups -OCH3 is 1. The van der Waals surface area contributed by atoms with Crippen LogP contribution in [0.5, 0.6) is 5.75 Å². The van der Waals surface area contributed by atoms with Gasteiger partial charge in [-0.15, -0.1) is 0 Å². The number of benzene rings is 2. The van der Waals surface area contributed by atoms with Crippen LogP contribution in [0.3, 0.4) is 0 Å². The van der Waals surface area contributed by atoms with Crippen molar-refractivity contribution in [2.75, 3.05) is 12.4 Å². The molecule has 1 aromatic heterocycles. The molecule has 0 atom stereocenters. The van der Waals surface area contributed by atoms with Crippen LogP contribution in [0.1, 0.15) is 5.56 Å². The third-order valence-electron chi connectivity index (χ3n) is 3.86. The molecule has 0 bridgehead atoms. The average molecular weight is 336 g/mol. The number of nitrogens with one attached hydrogen (secondary N) is 1. The molecule has 1 heterocycles. The number of hydrogen-bond donors (Lipinski definition) is 3. The first kappa shape index (κ1) is 16.9. The zero-order chi connectivity index (χ0) is 17.8.